The number of carbonyl (C=O) groups is 3. The Morgan fingerprint density at radius 1 is 1.41 bits per heavy atom. The van der Waals surface area contributed by atoms with Crippen LogP contribution in [-0.2, 0) is 20.9 Å². The van der Waals surface area contributed by atoms with E-state index in [2.05, 4.69) is 10.5 Å². The monoisotopic (exact) mass is 309 g/mol. The molecule has 1 aliphatic rings. The van der Waals surface area contributed by atoms with Crippen LogP contribution in [0.1, 0.15) is 37.3 Å². The first kappa shape index (κ1) is 16.0. The van der Waals surface area contributed by atoms with Crippen LogP contribution in [0, 0.1) is 13.8 Å². The van der Waals surface area contributed by atoms with Crippen LogP contribution in [0.25, 0.3) is 0 Å². The summed E-state index contributed by atoms with van der Waals surface area (Å²) in [4.78, 5) is 36.7. The van der Waals surface area contributed by atoms with Gasteiger partial charge in [-0.15, -0.1) is 0 Å². The standard InChI is InChI=1S/C14H19N3O5/c1-5-14(4)12(19)17(13(20)15-14)6-11(18)21-7-10-8(2)16-22-9(10)3/h5-7H2,1-4H3,(H,15,20)/t14-/m1/s1. The number of nitrogens with zero attached hydrogens (tertiary/aromatic N) is 2. The van der Waals surface area contributed by atoms with Crippen molar-refractivity contribution in [1.82, 2.24) is 15.4 Å². The van der Waals surface area contributed by atoms with Crippen molar-refractivity contribution < 1.29 is 23.6 Å². The van der Waals surface area contributed by atoms with E-state index in [1.54, 1.807) is 27.7 Å². The van der Waals surface area contributed by atoms with E-state index in [0.29, 0.717) is 23.4 Å². The molecule has 0 spiro atoms. The topological polar surface area (TPSA) is 102 Å². The van der Waals surface area contributed by atoms with Crippen molar-refractivity contribution in [2.24, 2.45) is 0 Å². The van der Waals surface area contributed by atoms with Crippen molar-refractivity contribution >= 4 is 17.9 Å². The lowest BCUT2D eigenvalue weighted by Crippen LogP contribution is -2.43. The van der Waals surface area contributed by atoms with E-state index in [1.807, 2.05) is 0 Å². The highest BCUT2D eigenvalue weighted by atomic mass is 16.5. The predicted molar refractivity (Wildman–Crippen MR) is 74.7 cm³/mol. The van der Waals surface area contributed by atoms with Gasteiger partial charge in [-0.2, -0.15) is 0 Å². The number of hydrogen-bond acceptors (Lipinski definition) is 6. The van der Waals surface area contributed by atoms with E-state index in [1.165, 1.54) is 0 Å². The van der Waals surface area contributed by atoms with Gasteiger partial charge < -0.3 is 14.6 Å². The Kier molecular flexibility index (Phi) is 4.20. The summed E-state index contributed by atoms with van der Waals surface area (Å²) in [5, 5.41) is 6.33. The molecule has 0 saturated carbocycles. The molecule has 1 atom stereocenters. The van der Waals surface area contributed by atoms with E-state index in [9.17, 15) is 14.4 Å². The number of carbonyl (C=O) groups excluding carboxylic acids is 3. The van der Waals surface area contributed by atoms with E-state index >= 15 is 0 Å². The van der Waals surface area contributed by atoms with Crippen molar-refractivity contribution in [3.8, 4) is 0 Å². The van der Waals surface area contributed by atoms with Crippen molar-refractivity contribution in [2.75, 3.05) is 6.54 Å². The Labute approximate surface area is 127 Å². The number of aryl methyl sites for hydroxylation is 2. The Bertz CT molecular complexity index is 604. The zero-order valence-corrected chi connectivity index (χ0v) is 13.1. The normalized spacial score (nSPS) is 21.2. The Morgan fingerprint density at radius 2 is 2.09 bits per heavy atom. The van der Waals surface area contributed by atoms with Crippen LogP contribution in [0.2, 0.25) is 0 Å². The number of urea groups is 1. The molecule has 3 amide bonds. The number of amides is 3. The van der Waals surface area contributed by atoms with Crippen LogP contribution in [-0.4, -0.2) is 40.0 Å². The van der Waals surface area contributed by atoms with Gasteiger partial charge in [0.25, 0.3) is 5.91 Å². The zero-order chi connectivity index (χ0) is 16.5. The Balaban J connectivity index is 1.95. The fourth-order valence-electron chi connectivity index (χ4n) is 2.17. The summed E-state index contributed by atoms with van der Waals surface area (Å²) in [7, 11) is 0. The van der Waals surface area contributed by atoms with Crippen LogP contribution in [0.15, 0.2) is 4.52 Å². The lowest BCUT2D eigenvalue weighted by atomic mass is 9.99. The zero-order valence-electron chi connectivity index (χ0n) is 13.1. The fourth-order valence-corrected chi connectivity index (χ4v) is 2.17. The number of nitrogens with one attached hydrogen (secondary N) is 1. The molecule has 1 aromatic heterocycles. The molecule has 1 N–H and O–H groups in total. The van der Waals surface area contributed by atoms with Gasteiger partial charge in [0.05, 0.1) is 11.3 Å². The molecular weight excluding hydrogens is 290 g/mol. The van der Waals surface area contributed by atoms with Crippen molar-refractivity contribution in [1.29, 1.82) is 0 Å². The van der Waals surface area contributed by atoms with E-state index < -0.39 is 30.0 Å². The molecule has 1 saturated heterocycles. The summed E-state index contributed by atoms with van der Waals surface area (Å²) in [5.41, 5.74) is 0.363. The predicted octanol–water partition coefficient (Wildman–Crippen LogP) is 1.06. The number of esters is 1. The molecule has 2 heterocycles. The summed E-state index contributed by atoms with van der Waals surface area (Å²) in [6.07, 6.45) is 0.447. The van der Waals surface area contributed by atoms with Gasteiger partial charge in [0.2, 0.25) is 0 Å². The van der Waals surface area contributed by atoms with E-state index in [4.69, 9.17) is 9.26 Å². The third-order valence-corrected chi connectivity index (χ3v) is 3.90. The number of imide groups is 1. The number of aromatic nitrogens is 1. The summed E-state index contributed by atoms with van der Waals surface area (Å²) in [5.74, 6) is -0.517. The summed E-state index contributed by atoms with van der Waals surface area (Å²) in [6.45, 7) is 6.45. The van der Waals surface area contributed by atoms with Gasteiger partial charge in [-0.3, -0.25) is 14.5 Å². The number of rotatable bonds is 5. The lowest BCUT2D eigenvalue weighted by molar-refractivity contribution is -0.148. The molecule has 0 aliphatic carbocycles. The lowest BCUT2D eigenvalue weighted by Gasteiger charge is -2.18. The van der Waals surface area contributed by atoms with Gasteiger partial charge in [0.1, 0.15) is 24.5 Å². The Morgan fingerprint density at radius 3 is 2.59 bits per heavy atom. The Hall–Kier alpha value is -2.38. The van der Waals surface area contributed by atoms with Gasteiger partial charge in [0.15, 0.2) is 0 Å². The first-order chi connectivity index (χ1) is 10.3. The maximum atomic E-state index is 12.2. The molecule has 120 valence electrons. The molecule has 8 nitrogen and oxygen atoms in total. The van der Waals surface area contributed by atoms with E-state index in [-0.39, 0.29) is 6.61 Å². The molecule has 8 heteroatoms. The molecular formula is C14H19N3O5. The van der Waals surface area contributed by atoms with Crippen LogP contribution < -0.4 is 5.32 Å². The van der Waals surface area contributed by atoms with Crippen molar-refractivity contribution in [3.05, 3.63) is 17.0 Å². The maximum Gasteiger partial charge on any atom is 0.326 e. The third-order valence-electron chi connectivity index (χ3n) is 3.90. The quantitative estimate of drug-likeness (QED) is 0.644. The van der Waals surface area contributed by atoms with Crippen LogP contribution in [0.5, 0.6) is 0 Å². The van der Waals surface area contributed by atoms with Gasteiger partial charge in [-0.05, 0) is 27.2 Å². The largest absolute Gasteiger partial charge is 0.459 e. The van der Waals surface area contributed by atoms with Gasteiger partial charge in [0, 0.05) is 0 Å². The second-order valence-corrected chi connectivity index (χ2v) is 5.47. The summed E-state index contributed by atoms with van der Waals surface area (Å²) in [6, 6.07) is -0.580. The first-order valence-electron chi connectivity index (χ1n) is 7.00. The van der Waals surface area contributed by atoms with Gasteiger partial charge in [-0.25, -0.2) is 4.79 Å². The molecule has 0 bridgehead atoms. The fraction of sp³-hybridized carbons (Fsp3) is 0.571. The number of ether oxygens (including phenoxy) is 1. The van der Waals surface area contributed by atoms with Gasteiger partial charge in [-0.1, -0.05) is 12.1 Å². The smallest absolute Gasteiger partial charge is 0.326 e. The van der Waals surface area contributed by atoms with Crippen LogP contribution in [0.3, 0.4) is 0 Å². The molecule has 1 aromatic rings. The van der Waals surface area contributed by atoms with E-state index in [0.717, 1.165) is 4.90 Å². The highest BCUT2D eigenvalue weighted by Crippen LogP contribution is 2.20. The average Bonchev–Trinajstić information content (AvgIpc) is 2.90. The SMILES string of the molecule is CC[C@@]1(C)NC(=O)N(CC(=O)OCc2c(C)noc2C)C1=O. The number of hydrogen-bond donors (Lipinski definition) is 1. The summed E-state index contributed by atoms with van der Waals surface area (Å²) >= 11 is 0. The third kappa shape index (κ3) is 2.81. The minimum Gasteiger partial charge on any atom is -0.459 e. The molecule has 2 rings (SSSR count). The molecule has 0 radical (unpaired) electrons. The van der Waals surface area contributed by atoms with Crippen molar-refractivity contribution in [2.45, 2.75) is 46.3 Å². The summed E-state index contributed by atoms with van der Waals surface area (Å²) < 4.78 is 10.1. The highest BCUT2D eigenvalue weighted by Gasteiger charge is 2.47. The van der Waals surface area contributed by atoms with Gasteiger partial charge >= 0.3 is 12.0 Å². The molecule has 0 unspecified atom stereocenters. The maximum absolute atomic E-state index is 12.2. The minimum atomic E-state index is -0.959. The minimum absolute atomic E-state index is 0.00526. The van der Waals surface area contributed by atoms with Crippen LogP contribution >= 0.6 is 0 Å². The van der Waals surface area contributed by atoms with Crippen LogP contribution in [0.4, 0.5) is 4.79 Å². The molecule has 1 aliphatic heterocycles. The molecule has 0 aromatic carbocycles. The highest BCUT2D eigenvalue weighted by molar-refractivity contribution is 6.08. The van der Waals surface area contributed by atoms with Crippen molar-refractivity contribution in [3.63, 3.8) is 0 Å². The second-order valence-electron chi connectivity index (χ2n) is 5.47. The second kappa shape index (κ2) is 5.78. The molecule has 1 fully saturated rings. The first-order valence-corrected chi connectivity index (χ1v) is 7.00. The molecule has 22 heavy (non-hydrogen) atoms. The average molecular weight is 309 g/mol.